The molecule has 9 heteroatoms. The van der Waals surface area contributed by atoms with Gasteiger partial charge in [0.2, 0.25) is 5.91 Å². The lowest BCUT2D eigenvalue weighted by atomic mass is 9.97. The van der Waals surface area contributed by atoms with Crippen molar-refractivity contribution in [3.63, 3.8) is 0 Å². The molecule has 3 aromatic rings. The van der Waals surface area contributed by atoms with Crippen LogP contribution >= 0.6 is 0 Å². The van der Waals surface area contributed by atoms with Gasteiger partial charge in [0.15, 0.2) is 5.65 Å². The van der Waals surface area contributed by atoms with E-state index in [0.29, 0.717) is 30.0 Å². The Kier molecular flexibility index (Phi) is 6.40. The van der Waals surface area contributed by atoms with Gasteiger partial charge in [-0.3, -0.25) is 4.79 Å². The maximum Gasteiger partial charge on any atom is 0.338 e. The van der Waals surface area contributed by atoms with E-state index in [0.717, 1.165) is 38.0 Å². The Labute approximate surface area is 180 Å². The maximum absolute atomic E-state index is 12.8. The number of ether oxygens (including phenoxy) is 1. The Morgan fingerprint density at radius 1 is 1.19 bits per heavy atom. The van der Waals surface area contributed by atoms with Crippen LogP contribution in [0.15, 0.2) is 42.7 Å². The number of aromatic nitrogens is 4. The molecule has 0 bridgehead atoms. The van der Waals surface area contributed by atoms with Crippen molar-refractivity contribution >= 4 is 29.0 Å². The van der Waals surface area contributed by atoms with Crippen molar-refractivity contribution in [2.75, 3.05) is 29.9 Å². The minimum atomic E-state index is -0.341. The highest BCUT2D eigenvalue weighted by molar-refractivity contribution is 5.94. The van der Waals surface area contributed by atoms with Crippen molar-refractivity contribution in [3.8, 4) is 0 Å². The van der Waals surface area contributed by atoms with E-state index in [-0.39, 0.29) is 17.8 Å². The Morgan fingerprint density at radius 2 is 2.03 bits per heavy atom. The van der Waals surface area contributed by atoms with E-state index in [4.69, 9.17) is 4.74 Å². The number of benzene rings is 1. The number of fused-ring (bicyclic) bond motifs is 1. The molecule has 1 atom stereocenters. The smallest absolute Gasteiger partial charge is 0.338 e. The number of esters is 1. The van der Waals surface area contributed by atoms with E-state index < -0.39 is 0 Å². The average molecular weight is 422 g/mol. The first kappa shape index (κ1) is 20.8. The quantitative estimate of drug-likeness (QED) is 0.461. The number of hydrogen-bond acceptors (Lipinski definition) is 7. The Bertz CT molecular complexity index is 1050. The first-order chi connectivity index (χ1) is 15.1. The van der Waals surface area contributed by atoms with E-state index in [9.17, 15) is 9.59 Å². The first-order valence-electron chi connectivity index (χ1n) is 10.6. The van der Waals surface area contributed by atoms with Crippen molar-refractivity contribution in [2.24, 2.45) is 5.92 Å². The van der Waals surface area contributed by atoms with Crippen molar-refractivity contribution in [1.82, 2.24) is 19.8 Å². The molecule has 0 radical (unpaired) electrons. The number of unbranched alkanes of at least 4 members (excludes halogenated alkanes) is 1. The summed E-state index contributed by atoms with van der Waals surface area (Å²) in [7, 11) is 0. The van der Waals surface area contributed by atoms with Crippen LogP contribution in [0.1, 0.15) is 43.0 Å². The van der Waals surface area contributed by atoms with Crippen LogP contribution in [-0.4, -0.2) is 51.4 Å². The van der Waals surface area contributed by atoms with Crippen LogP contribution in [0.5, 0.6) is 0 Å². The van der Waals surface area contributed by atoms with Crippen LogP contribution in [0.3, 0.4) is 0 Å². The zero-order valence-electron chi connectivity index (χ0n) is 17.5. The topological polar surface area (TPSA) is 102 Å². The van der Waals surface area contributed by atoms with Gasteiger partial charge in [0.25, 0.3) is 0 Å². The van der Waals surface area contributed by atoms with E-state index >= 15 is 0 Å². The minimum Gasteiger partial charge on any atom is -0.462 e. The number of nitrogens with one attached hydrogen (secondary N) is 1. The van der Waals surface area contributed by atoms with Crippen LogP contribution in [0, 0.1) is 5.92 Å². The average Bonchev–Trinajstić information content (AvgIpc) is 3.28. The molecule has 1 unspecified atom stereocenters. The second kappa shape index (κ2) is 9.55. The molecule has 1 N–H and O–H groups in total. The highest BCUT2D eigenvalue weighted by atomic mass is 16.5. The molecule has 0 aliphatic carbocycles. The molecule has 2 aromatic heterocycles. The summed E-state index contributed by atoms with van der Waals surface area (Å²) < 4.78 is 6.85. The molecule has 1 aliphatic rings. The number of anilines is 2. The fourth-order valence-corrected chi connectivity index (χ4v) is 3.61. The van der Waals surface area contributed by atoms with E-state index in [1.807, 2.05) is 19.1 Å². The van der Waals surface area contributed by atoms with E-state index in [1.165, 1.54) is 0 Å². The molecule has 162 valence electrons. The lowest BCUT2D eigenvalue weighted by Crippen LogP contribution is -2.41. The summed E-state index contributed by atoms with van der Waals surface area (Å²) >= 11 is 0. The van der Waals surface area contributed by atoms with Gasteiger partial charge in [-0.25, -0.2) is 4.79 Å². The number of piperidine rings is 1. The van der Waals surface area contributed by atoms with Crippen molar-refractivity contribution in [1.29, 1.82) is 0 Å². The van der Waals surface area contributed by atoms with Gasteiger partial charge in [0.05, 0.1) is 18.1 Å². The minimum absolute atomic E-state index is 0.0339. The largest absolute Gasteiger partial charge is 0.462 e. The monoisotopic (exact) mass is 422 g/mol. The molecule has 31 heavy (non-hydrogen) atoms. The van der Waals surface area contributed by atoms with Crippen LogP contribution in [0.4, 0.5) is 11.5 Å². The second-order valence-corrected chi connectivity index (χ2v) is 7.67. The van der Waals surface area contributed by atoms with Gasteiger partial charge >= 0.3 is 5.97 Å². The summed E-state index contributed by atoms with van der Waals surface area (Å²) in [5.74, 6) is 0.279. The van der Waals surface area contributed by atoms with Crippen LogP contribution in [0.25, 0.3) is 5.65 Å². The van der Waals surface area contributed by atoms with Crippen molar-refractivity contribution in [2.45, 2.75) is 32.6 Å². The van der Waals surface area contributed by atoms with E-state index in [1.54, 1.807) is 35.1 Å². The zero-order chi connectivity index (χ0) is 21.6. The molecule has 1 aliphatic heterocycles. The molecule has 0 saturated carbocycles. The summed E-state index contributed by atoms with van der Waals surface area (Å²) in [6.07, 6.45) is 5.11. The standard InChI is InChI=1S/C22H26N6O3/c1-2-3-13-31-22(30)16-6-8-18(9-7-16)24-21(29)17-5-4-12-27(14-17)20-11-10-19-25-23-15-28(19)26-20/h6-11,15,17H,2-5,12-14H2,1H3,(H,24,29). The van der Waals surface area contributed by atoms with Gasteiger partial charge < -0.3 is 15.0 Å². The Hall–Kier alpha value is -3.49. The highest BCUT2D eigenvalue weighted by Gasteiger charge is 2.27. The highest BCUT2D eigenvalue weighted by Crippen LogP contribution is 2.23. The third-order valence-corrected chi connectivity index (χ3v) is 5.38. The third kappa shape index (κ3) is 4.99. The first-order valence-corrected chi connectivity index (χ1v) is 10.6. The summed E-state index contributed by atoms with van der Waals surface area (Å²) in [6, 6.07) is 10.6. The van der Waals surface area contributed by atoms with Gasteiger partial charge in [-0.15, -0.1) is 15.3 Å². The Morgan fingerprint density at radius 3 is 2.84 bits per heavy atom. The predicted molar refractivity (Wildman–Crippen MR) is 116 cm³/mol. The van der Waals surface area contributed by atoms with Gasteiger partial charge in [-0.05, 0) is 55.7 Å². The van der Waals surface area contributed by atoms with Gasteiger partial charge in [-0.2, -0.15) is 4.52 Å². The third-order valence-electron chi connectivity index (χ3n) is 5.38. The fourth-order valence-electron chi connectivity index (χ4n) is 3.61. The summed E-state index contributed by atoms with van der Waals surface area (Å²) in [5, 5.41) is 15.3. The molecule has 1 amide bonds. The number of hydrogen-bond donors (Lipinski definition) is 1. The molecular formula is C22H26N6O3. The fraction of sp³-hybridized carbons (Fsp3) is 0.409. The summed E-state index contributed by atoms with van der Waals surface area (Å²) in [4.78, 5) is 27.0. The number of carbonyl (C=O) groups excluding carboxylic acids is 2. The molecule has 9 nitrogen and oxygen atoms in total. The maximum atomic E-state index is 12.8. The number of rotatable bonds is 7. The SMILES string of the molecule is CCCCOC(=O)c1ccc(NC(=O)C2CCCN(c3ccc4nncn4n3)C2)cc1. The molecule has 4 rings (SSSR count). The van der Waals surface area contributed by atoms with Gasteiger partial charge in [-0.1, -0.05) is 13.3 Å². The lowest BCUT2D eigenvalue weighted by molar-refractivity contribution is -0.120. The zero-order valence-corrected chi connectivity index (χ0v) is 17.5. The van der Waals surface area contributed by atoms with Gasteiger partial charge in [0, 0.05) is 18.8 Å². The second-order valence-electron chi connectivity index (χ2n) is 7.67. The number of amides is 1. The number of nitrogens with zero attached hydrogens (tertiary/aromatic N) is 5. The molecule has 3 heterocycles. The van der Waals surface area contributed by atoms with Crippen molar-refractivity contribution < 1.29 is 14.3 Å². The normalized spacial score (nSPS) is 16.3. The summed E-state index contributed by atoms with van der Waals surface area (Å²) in [5.41, 5.74) is 1.83. The van der Waals surface area contributed by atoms with Crippen LogP contribution in [-0.2, 0) is 9.53 Å². The van der Waals surface area contributed by atoms with Crippen molar-refractivity contribution in [3.05, 3.63) is 48.3 Å². The molecule has 0 spiro atoms. The van der Waals surface area contributed by atoms with E-state index in [2.05, 4.69) is 25.5 Å². The van der Waals surface area contributed by atoms with Crippen LogP contribution in [0.2, 0.25) is 0 Å². The van der Waals surface area contributed by atoms with Crippen LogP contribution < -0.4 is 10.2 Å². The van der Waals surface area contributed by atoms with Gasteiger partial charge in [0.1, 0.15) is 12.1 Å². The predicted octanol–water partition coefficient (Wildman–Crippen LogP) is 2.94. The lowest BCUT2D eigenvalue weighted by Gasteiger charge is -2.32. The molecule has 1 aromatic carbocycles. The number of carbonyl (C=O) groups is 2. The molecular weight excluding hydrogens is 396 g/mol. The molecule has 1 saturated heterocycles. The Balaban J connectivity index is 1.35. The molecule has 1 fully saturated rings. The summed E-state index contributed by atoms with van der Waals surface area (Å²) in [6.45, 7) is 3.90.